The van der Waals surface area contributed by atoms with Gasteiger partial charge in [-0.1, -0.05) is 35.5 Å². The predicted molar refractivity (Wildman–Crippen MR) is 114 cm³/mol. The molecule has 0 spiro atoms. The minimum absolute atomic E-state index is 0.209. The van der Waals surface area contributed by atoms with Crippen LogP contribution in [0, 0.1) is 13.8 Å². The largest absolute Gasteiger partial charge is 0.483 e. The molecule has 0 saturated heterocycles. The molecule has 2 aromatic carbocycles. The van der Waals surface area contributed by atoms with Gasteiger partial charge in [-0.3, -0.25) is 14.3 Å². The first-order chi connectivity index (χ1) is 15.0. The van der Waals surface area contributed by atoms with Gasteiger partial charge in [0.15, 0.2) is 12.4 Å². The van der Waals surface area contributed by atoms with Gasteiger partial charge < -0.3 is 14.6 Å². The first-order valence-electron chi connectivity index (χ1n) is 9.62. The monoisotopic (exact) mass is 419 g/mol. The highest BCUT2D eigenvalue weighted by atomic mass is 16.5. The number of amides is 1. The Kier molecular flexibility index (Phi) is 5.40. The van der Waals surface area contributed by atoms with Crippen molar-refractivity contribution < 1.29 is 14.1 Å². The average molecular weight is 419 g/mol. The van der Waals surface area contributed by atoms with E-state index in [1.807, 2.05) is 30.3 Å². The molecule has 0 aliphatic carbocycles. The molecule has 31 heavy (non-hydrogen) atoms. The van der Waals surface area contributed by atoms with Crippen LogP contribution in [-0.2, 0) is 11.8 Å². The van der Waals surface area contributed by atoms with Crippen molar-refractivity contribution in [3.05, 3.63) is 76.5 Å². The van der Waals surface area contributed by atoms with E-state index in [1.54, 1.807) is 49.8 Å². The van der Waals surface area contributed by atoms with Crippen LogP contribution in [0.5, 0.6) is 5.75 Å². The van der Waals surface area contributed by atoms with E-state index in [0.717, 1.165) is 0 Å². The Hall–Kier alpha value is -4.14. The quantitative estimate of drug-likeness (QED) is 0.515. The average Bonchev–Trinajstić information content (AvgIpc) is 3.30. The van der Waals surface area contributed by atoms with E-state index in [2.05, 4.69) is 15.5 Å². The van der Waals surface area contributed by atoms with E-state index >= 15 is 0 Å². The fourth-order valence-electron chi connectivity index (χ4n) is 3.21. The Labute approximate surface area is 177 Å². The molecule has 9 nitrogen and oxygen atoms in total. The summed E-state index contributed by atoms with van der Waals surface area (Å²) in [5.74, 6) is 0.769. The lowest BCUT2D eigenvalue weighted by atomic mass is 10.2. The summed E-state index contributed by atoms with van der Waals surface area (Å²) in [4.78, 5) is 29.7. The fraction of sp³-hybridized carbons (Fsp3) is 0.182. The maximum atomic E-state index is 12.9. The lowest BCUT2D eigenvalue weighted by Crippen LogP contribution is -2.25. The molecule has 1 N–H and O–H groups in total. The van der Waals surface area contributed by atoms with Crippen LogP contribution in [0.1, 0.15) is 11.5 Å². The zero-order valence-corrected chi connectivity index (χ0v) is 17.3. The van der Waals surface area contributed by atoms with E-state index in [0.29, 0.717) is 34.4 Å². The van der Waals surface area contributed by atoms with Crippen LogP contribution in [0.25, 0.3) is 17.1 Å². The Balaban J connectivity index is 1.52. The molecule has 0 saturated carbocycles. The number of anilines is 1. The molecule has 4 aromatic rings. The summed E-state index contributed by atoms with van der Waals surface area (Å²) in [6, 6.07) is 16.3. The minimum atomic E-state index is -0.456. The number of aromatic nitrogens is 4. The van der Waals surface area contributed by atoms with Gasteiger partial charge in [-0.25, -0.2) is 4.68 Å². The number of hydrogen-bond donors (Lipinski definition) is 1. The number of para-hydroxylation sites is 2. The predicted octanol–water partition coefficient (Wildman–Crippen LogP) is 2.86. The Morgan fingerprint density at radius 3 is 2.52 bits per heavy atom. The van der Waals surface area contributed by atoms with Crippen molar-refractivity contribution in [2.45, 2.75) is 13.8 Å². The molecular weight excluding hydrogens is 398 g/mol. The molecular formula is C22H21N5O4. The zero-order chi connectivity index (χ0) is 22.0. The van der Waals surface area contributed by atoms with E-state index in [1.165, 1.54) is 4.68 Å². The van der Waals surface area contributed by atoms with Crippen molar-refractivity contribution in [3.8, 4) is 22.9 Å². The summed E-state index contributed by atoms with van der Waals surface area (Å²) in [7, 11) is 1.76. The number of ether oxygens (including phenoxy) is 1. The SMILES string of the molecule is Cc1noc(-c2ccccc2OCC(=O)Nc2c(C)n(C)n(-c3ccccc3)c2=O)n1. The summed E-state index contributed by atoms with van der Waals surface area (Å²) in [5.41, 5.74) is 1.81. The van der Waals surface area contributed by atoms with Gasteiger partial charge in [0.1, 0.15) is 11.4 Å². The lowest BCUT2D eigenvalue weighted by Gasteiger charge is -2.09. The summed E-state index contributed by atoms with van der Waals surface area (Å²) in [5, 5.41) is 6.45. The van der Waals surface area contributed by atoms with Crippen molar-refractivity contribution in [3.63, 3.8) is 0 Å². The fourth-order valence-corrected chi connectivity index (χ4v) is 3.21. The molecule has 2 heterocycles. The molecule has 0 bridgehead atoms. The minimum Gasteiger partial charge on any atom is -0.483 e. The number of carbonyl (C=O) groups excluding carboxylic acids is 1. The highest BCUT2D eigenvalue weighted by Gasteiger charge is 2.19. The van der Waals surface area contributed by atoms with Gasteiger partial charge in [0.05, 0.1) is 16.9 Å². The second kappa shape index (κ2) is 8.31. The van der Waals surface area contributed by atoms with Gasteiger partial charge in [0.2, 0.25) is 0 Å². The Morgan fingerprint density at radius 1 is 1.10 bits per heavy atom. The van der Waals surface area contributed by atoms with Crippen LogP contribution in [0.15, 0.2) is 63.9 Å². The Bertz CT molecular complexity index is 1290. The van der Waals surface area contributed by atoms with Crippen molar-refractivity contribution in [2.24, 2.45) is 7.05 Å². The van der Waals surface area contributed by atoms with E-state index in [4.69, 9.17) is 9.26 Å². The molecule has 9 heteroatoms. The van der Waals surface area contributed by atoms with E-state index in [-0.39, 0.29) is 17.9 Å². The van der Waals surface area contributed by atoms with Crippen molar-refractivity contribution in [1.29, 1.82) is 0 Å². The standard InChI is InChI=1S/C22H21N5O4/c1-14-20(22(29)27(26(14)3)16-9-5-4-6-10-16)24-19(28)13-30-18-12-8-7-11-17(18)21-23-15(2)25-31-21/h4-12H,13H2,1-3H3,(H,24,28). The lowest BCUT2D eigenvalue weighted by molar-refractivity contribution is -0.118. The first-order valence-corrected chi connectivity index (χ1v) is 9.62. The van der Waals surface area contributed by atoms with Gasteiger partial charge >= 0.3 is 0 Å². The van der Waals surface area contributed by atoms with Crippen LogP contribution in [0.2, 0.25) is 0 Å². The first kappa shape index (κ1) is 20.1. The molecule has 0 aliphatic rings. The number of carbonyl (C=O) groups is 1. The van der Waals surface area contributed by atoms with Gasteiger partial charge in [-0.05, 0) is 38.1 Å². The number of nitrogens with zero attached hydrogens (tertiary/aromatic N) is 4. The second-order valence-corrected chi connectivity index (χ2v) is 6.92. The third kappa shape index (κ3) is 3.97. The molecule has 0 aliphatic heterocycles. The summed E-state index contributed by atoms with van der Waals surface area (Å²) < 4.78 is 14.1. The highest BCUT2D eigenvalue weighted by Crippen LogP contribution is 2.28. The molecule has 0 unspecified atom stereocenters. The van der Waals surface area contributed by atoms with Gasteiger partial charge in [0.25, 0.3) is 17.4 Å². The van der Waals surface area contributed by atoms with Crippen molar-refractivity contribution in [2.75, 3.05) is 11.9 Å². The van der Waals surface area contributed by atoms with Crippen LogP contribution < -0.4 is 15.6 Å². The third-order valence-electron chi connectivity index (χ3n) is 4.82. The number of benzene rings is 2. The topological polar surface area (TPSA) is 104 Å². The Morgan fingerprint density at radius 2 is 1.81 bits per heavy atom. The second-order valence-electron chi connectivity index (χ2n) is 6.92. The van der Waals surface area contributed by atoms with Crippen LogP contribution >= 0.6 is 0 Å². The van der Waals surface area contributed by atoms with Gasteiger partial charge in [-0.2, -0.15) is 4.98 Å². The molecule has 0 radical (unpaired) electrons. The number of aryl methyl sites for hydroxylation is 1. The number of hydrogen-bond acceptors (Lipinski definition) is 6. The van der Waals surface area contributed by atoms with Crippen LogP contribution in [-0.4, -0.2) is 32.0 Å². The molecule has 1 amide bonds. The molecule has 2 aromatic heterocycles. The third-order valence-corrected chi connectivity index (χ3v) is 4.82. The van der Waals surface area contributed by atoms with E-state index in [9.17, 15) is 9.59 Å². The normalized spacial score (nSPS) is 10.8. The van der Waals surface area contributed by atoms with Crippen LogP contribution in [0.4, 0.5) is 5.69 Å². The molecule has 0 atom stereocenters. The van der Waals surface area contributed by atoms with E-state index < -0.39 is 5.91 Å². The maximum Gasteiger partial charge on any atom is 0.295 e. The van der Waals surface area contributed by atoms with Crippen LogP contribution in [0.3, 0.4) is 0 Å². The maximum absolute atomic E-state index is 12.9. The molecule has 4 rings (SSSR count). The number of nitrogens with one attached hydrogen (secondary N) is 1. The highest BCUT2D eigenvalue weighted by molar-refractivity contribution is 5.92. The van der Waals surface area contributed by atoms with Gasteiger partial charge in [-0.15, -0.1) is 0 Å². The molecule has 0 fully saturated rings. The van der Waals surface area contributed by atoms with Crippen molar-refractivity contribution >= 4 is 11.6 Å². The summed E-state index contributed by atoms with van der Waals surface area (Å²) in [6.07, 6.45) is 0. The van der Waals surface area contributed by atoms with Crippen molar-refractivity contribution in [1.82, 2.24) is 19.5 Å². The van der Waals surface area contributed by atoms with Gasteiger partial charge in [0, 0.05) is 7.05 Å². The molecule has 158 valence electrons. The summed E-state index contributed by atoms with van der Waals surface area (Å²) >= 11 is 0. The zero-order valence-electron chi connectivity index (χ0n) is 17.3. The summed E-state index contributed by atoms with van der Waals surface area (Å²) in [6.45, 7) is 3.20. The number of rotatable bonds is 6. The smallest absolute Gasteiger partial charge is 0.295 e.